The minimum absolute atomic E-state index is 0.159. The Labute approximate surface area is 170 Å². The average Bonchev–Trinajstić information content (AvgIpc) is 3.24. The van der Waals surface area contributed by atoms with Crippen molar-refractivity contribution < 1.29 is 4.39 Å². The summed E-state index contributed by atoms with van der Waals surface area (Å²) in [6.45, 7) is 1.99. The zero-order valence-corrected chi connectivity index (χ0v) is 16.1. The van der Waals surface area contributed by atoms with Gasteiger partial charge in [-0.2, -0.15) is 0 Å². The molecule has 0 spiro atoms. The standard InChI is InChI=1S/C22H17FN6O/c1-13(9-18-19-20(26-11-24-18)27-12-25-19)21-28-17-8-7-14(23)10-16(17)22(30)29(21)15-5-3-2-4-6-15/h2-8,10-13H,9H2,1H3,(H,24,25,26,27)/t13-/m1/s1. The van der Waals surface area contributed by atoms with Crippen LogP contribution in [0.1, 0.15) is 24.4 Å². The normalized spacial score (nSPS) is 12.5. The van der Waals surface area contributed by atoms with Crippen molar-refractivity contribution in [3.63, 3.8) is 0 Å². The van der Waals surface area contributed by atoms with Crippen LogP contribution >= 0.6 is 0 Å². The Kier molecular flexibility index (Phi) is 4.31. The second kappa shape index (κ2) is 7.14. The van der Waals surface area contributed by atoms with Gasteiger partial charge >= 0.3 is 0 Å². The van der Waals surface area contributed by atoms with Gasteiger partial charge in [-0.1, -0.05) is 25.1 Å². The first-order valence-corrected chi connectivity index (χ1v) is 9.52. The lowest BCUT2D eigenvalue weighted by Crippen LogP contribution is -2.26. The predicted octanol–water partition coefficient (Wildman–Crippen LogP) is 3.54. The molecule has 5 rings (SSSR count). The number of fused-ring (bicyclic) bond motifs is 2. The van der Waals surface area contributed by atoms with Crippen molar-refractivity contribution in [1.29, 1.82) is 0 Å². The van der Waals surface area contributed by atoms with Crippen LogP contribution in [0.5, 0.6) is 0 Å². The average molecular weight is 400 g/mol. The van der Waals surface area contributed by atoms with E-state index in [-0.39, 0.29) is 16.9 Å². The Balaban J connectivity index is 1.70. The molecule has 0 aliphatic rings. The second-order valence-corrected chi connectivity index (χ2v) is 7.13. The molecule has 5 aromatic rings. The van der Waals surface area contributed by atoms with E-state index in [9.17, 15) is 9.18 Å². The molecule has 0 unspecified atom stereocenters. The number of imidazole rings is 1. The van der Waals surface area contributed by atoms with Crippen molar-refractivity contribution in [1.82, 2.24) is 29.5 Å². The molecule has 0 amide bonds. The minimum atomic E-state index is -0.468. The maximum absolute atomic E-state index is 13.8. The van der Waals surface area contributed by atoms with E-state index < -0.39 is 5.82 Å². The highest BCUT2D eigenvalue weighted by Crippen LogP contribution is 2.24. The van der Waals surface area contributed by atoms with Crippen LogP contribution in [-0.4, -0.2) is 29.5 Å². The lowest BCUT2D eigenvalue weighted by molar-refractivity contribution is 0.628. The van der Waals surface area contributed by atoms with Crippen molar-refractivity contribution in [3.05, 3.63) is 88.9 Å². The van der Waals surface area contributed by atoms with E-state index in [0.717, 1.165) is 11.2 Å². The zero-order chi connectivity index (χ0) is 20.7. The molecular formula is C22H17FN6O. The van der Waals surface area contributed by atoms with Gasteiger partial charge in [-0.05, 0) is 30.3 Å². The van der Waals surface area contributed by atoms with Crippen molar-refractivity contribution in [3.8, 4) is 5.69 Å². The zero-order valence-electron chi connectivity index (χ0n) is 16.1. The smallest absolute Gasteiger partial charge is 0.266 e. The van der Waals surface area contributed by atoms with Crippen LogP contribution in [0.4, 0.5) is 4.39 Å². The fourth-order valence-corrected chi connectivity index (χ4v) is 3.68. The number of nitrogens with one attached hydrogen (secondary N) is 1. The summed E-state index contributed by atoms with van der Waals surface area (Å²) < 4.78 is 15.4. The van der Waals surface area contributed by atoms with E-state index in [4.69, 9.17) is 4.98 Å². The summed E-state index contributed by atoms with van der Waals surface area (Å²) in [7, 11) is 0. The quantitative estimate of drug-likeness (QED) is 0.498. The predicted molar refractivity (Wildman–Crippen MR) is 111 cm³/mol. The molecule has 3 heterocycles. The summed E-state index contributed by atoms with van der Waals surface area (Å²) in [4.78, 5) is 33.9. The third-order valence-corrected chi connectivity index (χ3v) is 5.11. The van der Waals surface area contributed by atoms with Gasteiger partial charge in [0.05, 0.1) is 28.6 Å². The summed E-state index contributed by atoms with van der Waals surface area (Å²) in [6, 6.07) is 13.3. The number of H-pyrrole nitrogens is 1. The summed E-state index contributed by atoms with van der Waals surface area (Å²) in [5.41, 5.74) is 2.98. The molecule has 148 valence electrons. The number of benzene rings is 2. The summed E-state index contributed by atoms with van der Waals surface area (Å²) in [5, 5.41) is 0.243. The Hall–Kier alpha value is -3.94. The highest BCUT2D eigenvalue weighted by molar-refractivity contribution is 5.78. The van der Waals surface area contributed by atoms with E-state index in [2.05, 4.69) is 19.9 Å². The van der Waals surface area contributed by atoms with Crippen molar-refractivity contribution in [2.24, 2.45) is 0 Å². The number of rotatable bonds is 4. The number of aromatic nitrogens is 6. The van der Waals surface area contributed by atoms with Gasteiger partial charge in [-0.3, -0.25) is 9.36 Å². The van der Waals surface area contributed by atoms with Gasteiger partial charge in [0.25, 0.3) is 5.56 Å². The molecule has 7 nitrogen and oxygen atoms in total. The molecule has 8 heteroatoms. The molecule has 0 saturated carbocycles. The first kappa shape index (κ1) is 18.1. The largest absolute Gasteiger partial charge is 0.342 e. The molecule has 0 aliphatic carbocycles. The van der Waals surface area contributed by atoms with Gasteiger partial charge < -0.3 is 4.98 Å². The maximum Gasteiger partial charge on any atom is 0.266 e. The van der Waals surface area contributed by atoms with Crippen LogP contribution in [0.2, 0.25) is 0 Å². The monoisotopic (exact) mass is 400 g/mol. The van der Waals surface area contributed by atoms with Gasteiger partial charge in [-0.15, -0.1) is 0 Å². The highest BCUT2D eigenvalue weighted by atomic mass is 19.1. The number of halogens is 1. The number of aromatic amines is 1. The first-order valence-electron chi connectivity index (χ1n) is 9.52. The number of para-hydroxylation sites is 1. The molecule has 2 aromatic carbocycles. The molecule has 1 atom stereocenters. The second-order valence-electron chi connectivity index (χ2n) is 7.13. The first-order chi connectivity index (χ1) is 14.6. The van der Waals surface area contributed by atoms with E-state index in [1.165, 1.54) is 24.5 Å². The molecule has 0 aliphatic heterocycles. The lowest BCUT2D eigenvalue weighted by Gasteiger charge is -2.18. The van der Waals surface area contributed by atoms with Crippen LogP contribution in [0.25, 0.3) is 27.8 Å². The third kappa shape index (κ3) is 3.02. The van der Waals surface area contributed by atoms with E-state index in [1.807, 2.05) is 37.3 Å². The van der Waals surface area contributed by atoms with Crippen LogP contribution in [0, 0.1) is 5.82 Å². The van der Waals surface area contributed by atoms with Crippen LogP contribution < -0.4 is 5.56 Å². The number of hydrogen-bond acceptors (Lipinski definition) is 5. The topological polar surface area (TPSA) is 89.3 Å². The summed E-state index contributed by atoms with van der Waals surface area (Å²) >= 11 is 0. The molecule has 0 fully saturated rings. The third-order valence-electron chi connectivity index (χ3n) is 5.11. The fourth-order valence-electron chi connectivity index (χ4n) is 3.68. The van der Waals surface area contributed by atoms with Crippen molar-refractivity contribution in [2.45, 2.75) is 19.3 Å². The van der Waals surface area contributed by atoms with Crippen LogP contribution in [-0.2, 0) is 6.42 Å². The Morgan fingerprint density at radius 3 is 2.77 bits per heavy atom. The Morgan fingerprint density at radius 2 is 1.93 bits per heavy atom. The van der Waals surface area contributed by atoms with Gasteiger partial charge in [0.15, 0.2) is 5.65 Å². The van der Waals surface area contributed by atoms with Crippen LogP contribution in [0.15, 0.2) is 66.0 Å². The molecule has 3 aromatic heterocycles. The van der Waals surface area contributed by atoms with E-state index >= 15 is 0 Å². The fraction of sp³-hybridized carbons (Fsp3) is 0.136. The molecule has 0 bridgehead atoms. The molecule has 30 heavy (non-hydrogen) atoms. The van der Waals surface area contributed by atoms with E-state index in [0.29, 0.717) is 29.1 Å². The Morgan fingerprint density at radius 1 is 1.10 bits per heavy atom. The van der Waals surface area contributed by atoms with E-state index in [1.54, 1.807) is 10.9 Å². The maximum atomic E-state index is 13.8. The molecular weight excluding hydrogens is 383 g/mol. The van der Waals surface area contributed by atoms with Gasteiger partial charge in [0.2, 0.25) is 0 Å². The highest BCUT2D eigenvalue weighted by Gasteiger charge is 2.20. The number of hydrogen-bond donors (Lipinski definition) is 1. The van der Waals surface area contributed by atoms with Gasteiger partial charge in [0.1, 0.15) is 23.5 Å². The van der Waals surface area contributed by atoms with Crippen LogP contribution in [0.3, 0.4) is 0 Å². The Bertz CT molecular complexity index is 1430. The number of nitrogens with zero attached hydrogens (tertiary/aromatic N) is 5. The molecule has 1 N–H and O–H groups in total. The molecule has 0 saturated heterocycles. The lowest BCUT2D eigenvalue weighted by atomic mass is 10.0. The summed E-state index contributed by atoms with van der Waals surface area (Å²) in [6.07, 6.45) is 3.58. The van der Waals surface area contributed by atoms with Gasteiger partial charge in [-0.25, -0.2) is 24.3 Å². The van der Waals surface area contributed by atoms with Gasteiger partial charge in [0, 0.05) is 12.3 Å². The molecule has 0 radical (unpaired) electrons. The summed E-state index contributed by atoms with van der Waals surface area (Å²) in [5.74, 6) is -0.0465. The van der Waals surface area contributed by atoms with Crippen molar-refractivity contribution in [2.75, 3.05) is 0 Å². The minimum Gasteiger partial charge on any atom is -0.342 e. The SMILES string of the molecule is C[C@H](Cc1ncnc2nc[nH]c12)c1nc2ccc(F)cc2c(=O)n1-c1ccccc1. The van der Waals surface area contributed by atoms with Crippen molar-refractivity contribution >= 4 is 22.1 Å².